The molecular weight excluding hydrogens is 421 g/mol. The monoisotopic (exact) mass is 443 g/mol. The van der Waals surface area contributed by atoms with E-state index in [0.29, 0.717) is 42.9 Å². The molecular formula is C22H22FN3O2S2. The van der Waals surface area contributed by atoms with Gasteiger partial charge in [-0.3, -0.25) is 9.59 Å². The molecule has 2 amide bonds. The van der Waals surface area contributed by atoms with Crippen molar-refractivity contribution in [1.82, 2.24) is 15.2 Å². The first-order chi connectivity index (χ1) is 14.5. The number of nitrogens with zero attached hydrogens (tertiary/aromatic N) is 2. The Kier molecular flexibility index (Phi) is 6.24. The number of rotatable bonds is 5. The van der Waals surface area contributed by atoms with Crippen molar-refractivity contribution in [2.75, 3.05) is 13.1 Å². The lowest BCUT2D eigenvalue weighted by atomic mass is 9.95. The first-order valence-corrected chi connectivity index (χ1v) is 11.5. The number of aryl methyl sites for hydroxylation is 1. The highest BCUT2D eigenvalue weighted by atomic mass is 32.1. The first kappa shape index (κ1) is 20.7. The van der Waals surface area contributed by atoms with Gasteiger partial charge in [0, 0.05) is 25.6 Å². The molecule has 30 heavy (non-hydrogen) atoms. The van der Waals surface area contributed by atoms with E-state index in [1.165, 1.54) is 17.4 Å². The Morgan fingerprint density at radius 1 is 1.27 bits per heavy atom. The third kappa shape index (κ3) is 4.60. The number of halogens is 1. The average molecular weight is 444 g/mol. The van der Waals surface area contributed by atoms with Gasteiger partial charge in [0.2, 0.25) is 5.91 Å². The number of amides is 2. The minimum atomic E-state index is -0.265. The van der Waals surface area contributed by atoms with Crippen LogP contribution in [0, 0.1) is 18.7 Å². The van der Waals surface area contributed by atoms with Crippen LogP contribution in [0.3, 0.4) is 0 Å². The number of thiazole rings is 1. The van der Waals surface area contributed by atoms with E-state index in [0.717, 1.165) is 15.4 Å². The summed E-state index contributed by atoms with van der Waals surface area (Å²) in [6.07, 6.45) is 2.88. The largest absolute Gasteiger partial charge is 0.352 e. The third-order valence-electron chi connectivity index (χ3n) is 5.30. The summed E-state index contributed by atoms with van der Waals surface area (Å²) in [4.78, 5) is 33.1. The SMILES string of the molecule is Cc1ccc(CNC(=O)C2CCN(C(=O)c3cnc(-c4cccs4)s3)CC2)cc1F. The molecule has 1 aromatic carbocycles. The summed E-state index contributed by atoms with van der Waals surface area (Å²) >= 11 is 3.01. The quantitative estimate of drug-likeness (QED) is 0.632. The summed E-state index contributed by atoms with van der Waals surface area (Å²) in [6, 6.07) is 8.95. The van der Waals surface area contributed by atoms with Crippen molar-refractivity contribution in [3.8, 4) is 9.88 Å². The Morgan fingerprint density at radius 3 is 2.77 bits per heavy atom. The number of nitrogens with one attached hydrogen (secondary N) is 1. The highest BCUT2D eigenvalue weighted by molar-refractivity contribution is 7.21. The summed E-state index contributed by atoms with van der Waals surface area (Å²) in [5.74, 6) is -0.462. The Labute approximate surface area is 182 Å². The van der Waals surface area contributed by atoms with Crippen LogP contribution in [-0.4, -0.2) is 34.8 Å². The van der Waals surface area contributed by atoms with Gasteiger partial charge < -0.3 is 10.2 Å². The van der Waals surface area contributed by atoms with Crippen molar-refractivity contribution < 1.29 is 14.0 Å². The zero-order chi connectivity index (χ0) is 21.1. The number of carbonyl (C=O) groups is 2. The minimum absolute atomic E-state index is 0.0238. The summed E-state index contributed by atoms with van der Waals surface area (Å²) in [5.41, 5.74) is 1.33. The lowest BCUT2D eigenvalue weighted by Crippen LogP contribution is -2.42. The first-order valence-electron chi connectivity index (χ1n) is 9.83. The van der Waals surface area contributed by atoms with Crippen LogP contribution in [-0.2, 0) is 11.3 Å². The Balaban J connectivity index is 1.28. The van der Waals surface area contributed by atoms with Crippen LogP contribution >= 0.6 is 22.7 Å². The van der Waals surface area contributed by atoms with Crippen LogP contribution < -0.4 is 5.32 Å². The maximum atomic E-state index is 13.6. The van der Waals surface area contributed by atoms with Crippen molar-refractivity contribution in [2.45, 2.75) is 26.3 Å². The van der Waals surface area contributed by atoms with E-state index in [9.17, 15) is 14.0 Å². The van der Waals surface area contributed by atoms with E-state index in [2.05, 4.69) is 10.3 Å². The number of aromatic nitrogens is 1. The molecule has 1 saturated heterocycles. The van der Waals surface area contributed by atoms with Gasteiger partial charge in [-0.15, -0.1) is 22.7 Å². The molecule has 2 aromatic heterocycles. The standard InChI is InChI=1S/C22H22FN3O2S2/c1-14-4-5-15(11-17(14)23)12-24-20(27)16-6-8-26(9-7-16)22(28)19-13-25-21(30-19)18-3-2-10-29-18/h2-5,10-11,13,16H,6-9,12H2,1H3,(H,24,27). The summed E-state index contributed by atoms with van der Waals surface area (Å²) in [5, 5.41) is 5.74. The lowest BCUT2D eigenvalue weighted by Gasteiger charge is -2.31. The van der Waals surface area contributed by atoms with Crippen molar-refractivity contribution >= 4 is 34.5 Å². The molecule has 0 unspecified atom stereocenters. The molecule has 4 rings (SSSR count). The second-order valence-corrected chi connectivity index (χ2v) is 9.35. The maximum Gasteiger partial charge on any atom is 0.265 e. The summed E-state index contributed by atoms with van der Waals surface area (Å²) in [7, 11) is 0. The molecule has 3 heterocycles. The van der Waals surface area contributed by atoms with Crippen molar-refractivity contribution in [1.29, 1.82) is 0 Å². The second kappa shape index (κ2) is 9.06. The van der Waals surface area contributed by atoms with Gasteiger partial charge in [-0.25, -0.2) is 9.37 Å². The Hall–Kier alpha value is -2.58. The molecule has 0 radical (unpaired) electrons. The fourth-order valence-corrected chi connectivity index (χ4v) is 5.16. The molecule has 1 fully saturated rings. The van der Waals surface area contributed by atoms with Crippen LogP contribution in [0.15, 0.2) is 41.9 Å². The van der Waals surface area contributed by atoms with Crippen LogP contribution in [0.25, 0.3) is 9.88 Å². The summed E-state index contributed by atoms with van der Waals surface area (Å²) < 4.78 is 13.6. The van der Waals surface area contributed by atoms with Crippen molar-refractivity contribution in [2.24, 2.45) is 5.92 Å². The van der Waals surface area contributed by atoms with Gasteiger partial charge in [-0.2, -0.15) is 0 Å². The molecule has 0 aliphatic carbocycles. The van der Waals surface area contributed by atoms with E-state index in [1.54, 1.807) is 35.4 Å². The lowest BCUT2D eigenvalue weighted by molar-refractivity contribution is -0.126. The minimum Gasteiger partial charge on any atom is -0.352 e. The molecule has 1 aliphatic heterocycles. The number of thiophene rings is 1. The van der Waals surface area contributed by atoms with E-state index in [4.69, 9.17) is 0 Å². The molecule has 0 bridgehead atoms. The topological polar surface area (TPSA) is 62.3 Å². The number of piperidine rings is 1. The Bertz CT molecular complexity index is 1040. The van der Waals surface area contributed by atoms with E-state index >= 15 is 0 Å². The molecule has 156 valence electrons. The fourth-order valence-electron chi connectivity index (χ4n) is 3.47. The van der Waals surface area contributed by atoms with Gasteiger partial charge >= 0.3 is 0 Å². The van der Waals surface area contributed by atoms with Gasteiger partial charge in [0.05, 0.1) is 11.1 Å². The van der Waals surface area contributed by atoms with Crippen LogP contribution in [0.4, 0.5) is 4.39 Å². The highest BCUT2D eigenvalue weighted by Gasteiger charge is 2.28. The van der Waals surface area contributed by atoms with Gasteiger partial charge in [0.15, 0.2) is 0 Å². The third-order valence-corrected chi connectivity index (χ3v) is 7.33. The number of hydrogen-bond acceptors (Lipinski definition) is 5. The van der Waals surface area contributed by atoms with E-state index < -0.39 is 0 Å². The number of benzene rings is 1. The highest BCUT2D eigenvalue weighted by Crippen LogP contribution is 2.30. The van der Waals surface area contributed by atoms with Crippen LogP contribution in [0.2, 0.25) is 0 Å². The molecule has 0 spiro atoms. The smallest absolute Gasteiger partial charge is 0.265 e. The number of hydrogen-bond donors (Lipinski definition) is 1. The summed E-state index contributed by atoms with van der Waals surface area (Å²) in [6.45, 7) is 3.11. The molecule has 5 nitrogen and oxygen atoms in total. The predicted molar refractivity (Wildman–Crippen MR) is 117 cm³/mol. The second-order valence-electron chi connectivity index (χ2n) is 7.37. The molecule has 1 aliphatic rings. The van der Waals surface area contributed by atoms with Gasteiger partial charge in [-0.1, -0.05) is 18.2 Å². The normalized spacial score (nSPS) is 14.7. The molecule has 3 aromatic rings. The molecule has 8 heteroatoms. The van der Waals surface area contributed by atoms with Crippen molar-refractivity contribution in [3.05, 3.63) is 63.7 Å². The number of likely N-dealkylation sites (tertiary alicyclic amines) is 1. The van der Waals surface area contributed by atoms with Crippen LogP contribution in [0.1, 0.15) is 33.6 Å². The zero-order valence-electron chi connectivity index (χ0n) is 16.6. The van der Waals surface area contributed by atoms with Crippen molar-refractivity contribution in [3.63, 3.8) is 0 Å². The number of carbonyl (C=O) groups excluding carboxylic acids is 2. The average Bonchev–Trinajstić information content (AvgIpc) is 3.46. The maximum absolute atomic E-state index is 13.6. The van der Waals surface area contributed by atoms with E-state index in [1.807, 2.05) is 23.6 Å². The van der Waals surface area contributed by atoms with E-state index in [-0.39, 0.29) is 23.5 Å². The van der Waals surface area contributed by atoms with Crippen LogP contribution in [0.5, 0.6) is 0 Å². The molecule has 0 saturated carbocycles. The molecule has 0 atom stereocenters. The van der Waals surface area contributed by atoms with Gasteiger partial charge in [0.25, 0.3) is 5.91 Å². The Morgan fingerprint density at radius 2 is 2.07 bits per heavy atom. The zero-order valence-corrected chi connectivity index (χ0v) is 18.2. The molecule has 1 N–H and O–H groups in total. The van der Waals surface area contributed by atoms with Gasteiger partial charge in [-0.05, 0) is 48.4 Å². The van der Waals surface area contributed by atoms with Gasteiger partial charge in [0.1, 0.15) is 15.7 Å². The fraction of sp³-hybridized carbons (Fsp3) is 0.318. The predicted octanol–water partition coefficient (Wildman–Crippen LogP) is 4.49.